The van der Waals surface area contributed by atoms with Gasteiger partial charge in [-0.2, -0.15) is 0 Å². The van der Waals surface area contributed by atoms with Crippen LogP contribution in [0.25, 0.3) is 6.08 Å². The van der Waals surface area contributed by atoms with Gasteiger partial charge in [0.15, 0.2) is 9.84 Å². The highest BCUT2D eigenvalue weighted by Crippen LogP contribution is 2.12. The van der Waals surface area contributed by atoms with Crippen LogP contribution in [0.2, 0.25) is 0 Å². The summed E-state index contributed by atoms with van der Waals surface area (Å²) in [7, 11) is -3.16. The Labute approximate surface area is 95.4 Å². The van der Waals surface area contributed by atoms with Gasteiger partial charge in [0, 0.05) is 12.5 Å². The lowest BCUT2D eigenvalue weighted by Gasteiger charge is -1.98. The molecule has 0 aliphatic rings. The maximum Gasteiger partial charge on any atom is 0.175 e. The highest BCUT2D eigenvalue weighted by atomic mass is 32.2. The molecule has 0 aliphatic heterocycles. The fourth-order valence-electron chi connectivity index (χ4n) is 1.09. The number of nitrogens with two attached hydrogens (primary N) is 1. The van der Waals surface area contributed by atoms with Gasteiger partial charge in [-0.25, -0.2) is 13.4 Å². The molecule has 0 unspecified atom stereocenters. The molecule has 0 fully saturated rings. The lowest BCUT2D eigenvalue weighted by molar-refractivity contribution is 0.602. The SMILES string of the molecule is CC(N)=N/C=C/c1cccc(S(C)(=O)=O)c1. The summed E-state index contributed by atoms with van der Waals surface area (Å²) in [5, 5.41) is 0. The van der Waals surface area contributed by atoms with E-state index in [0.29, 0.717) is 10.7 Å². The van der Waals surface area contributed by atoms with E-state index in [4.69, 9.17) is 5.73 Å². The second-order valence-corrected chi connectivity index (χ2v) is 5.45. The molecule has 0 atom stereocenters. The van der Waals surface area contributed by atoms with Crippen molar-refractivity contribution in [3.05, 3.63) is 36.0 Å². The molecule has 16 heavy (non-hydrogen) atoms. The molecule has 2 N–H and O–H groups in total. The van der Waals surface area contributed by atoms with Gasteiger partial charge in [-0.1, -0.05) is 12.1 Å². The summed E-state index contributed by atoms with van der Waals surface area (Å²) in [6.45, 7) is 1.68. The van der Waals surface area contributed by atoms with Gasteiger partial charge < -0.3 is 5.73 Å². The monoisotopic (exact) mass is 238 g/mol. The molecule has 0 amide bonds. The molecule has 0 aliphatic carbocycles. The van der Waals surface area contributed by atoms with Crippen LogP contribution in [-0.2, 0) is 9.84 Å². The van der Waals surface area contributed by atoms with Crippen molar-refractivity contribution >= 4 is 21.7 Å². The van der Waals surface area contributed by atoms with Crippen molar-refractivity contribution in [2.75, 3.05) is 6.26 Å². The molecule has 1 aromatic carbocycles. The molecule has 0 saturated carbocycles. The van der Waals surface area contributed by atoms with Gasteiger partial charge in [-0.15, -0.1) is 0 Å². The summed E-state index contributed by atoms with van der Waals surface area (Å²) < 4.78 is 22.6. The molecule has 0 saturated heterocycles. The smallest absolute Gasteiger partial charge is 0.175 e. The van der Waals surface area contributed by atoms with E-state index in [1.54, 1.807) is 37.3 Å². The highest BCUT2D eigenvalue weighted by Gasteiger charge is 2.05. The van der Waals surface area contributed by atoms with Gasteiger partial charge in [-0.05, 0) is 30.7 Å². The summed E-state index contributed by atoms with van der Waals surface area (Å²) >= 11 is 0. The van der Waals surface area contributed by atoms with E-state index in [0.717, 1.165) is 5.56 Å². The first kappa shape index (κ1) is 12.4. The Balaban J connectivity index is 3.01. The normalized spacial score (nSPS) is 13.2. The third-order valence-corrected chi connectivity index (χ3v) is 2.94. The summed E-state index contributed by atoms with van der Waals surface area (Å²) in [5.41, 5.74) is 6.13. The van der Waals surface area contributed by atoms with Crippen molar-refractivity contribution in [2.24, 2.45) is 10.7 Å². The maximum atomic E-state index is 11.3. The molecule has 0 heterocycles. The fourth-order valence-corrected chi connectivity index (χ4v) is 1.77. The van der Waals surface area contributed by atoms with E-state index in [9.17, 15) is 8.42 Å². The lowest BCUT2D eigenvalue weighted by Crippen LogP contribution is -2.03. The minimum absolute atomic E-state index is 0.295. The first-order valence-electron chi connectivity index (χ1n) is 4.66. The fraction of sp³-hybridized carbons (Fsp3) is 0.182. The first-order chi connectivity index (χ1) is 7.39. The van der Waals surface area contributed by atoms with E-state index in [1.165, 1.54) is 12.5 Å². The molecule has 1 rings (SSSR count). The van der Waals surface area contributed by atoms with Crippen LogP contribution in [0.15, 0.2) is 40.4 Å². The van der Waals surface area contributed by atoms with Gasteiger partial charge in [0.2, 0.25) is 0 Å². The molecular formula is C11H14N2O2S. The molecular weight excluding hydrogens is 224 g/mol. The molecule has 0 radical (unpaired) electrons. The third-order valence-electron chi connectivity index (χ3n) is 1.83. The van der Waals surface area contributed by atoms with Gasteiger partial charge in [0.1, 0.15) is 0 Å². The Morgan fingerprint density at radius 3 is 2.69 bits per heavy atom. The van der Waals surface area contributed by atoms with Crippen molar-refractivity contribution < 1.29 is 8.42 Å². The molecule has 5 heteroatoms. The van der Waals surface area contributed by atoms with Crippen molar-refractivity contribution in [3.63, 3.8) is 0 Å². The zero-order chi connectivity index (χ0) is 12.2. The maximum absolute atomic E-state index is 11.3. The van der Waals surface area contributed by atoms with Crippen LogP contribution in [-0.4, -0.2) is 20.5 Å². The predicted octanol–water partition coefficient (Wildman–Crippen LogP) is 1.44. The zero-order valence-corrected chi connectivity index (χ0v) is 10.0. The molecule has 4 nitrogen and oxygen atoms in total. The Morgan fingerprint density at radius 1 is 1.44 bits per heavy atom. The van der Waals surface area contributed by atoms with Crippen LogP contribution in [0.3, 0.4) is 0 Å². The number of hydrogen-bond donors (Lipinski definition) is 1. The largest absolute Gasteiger partial charge is 0.387 e. The number of rotatable bonds is 3. The van der Waals surface area contributed by atoms with Crippen LogP contribution in [0.5, 0.6) is 0 Å². The zero-order valence-electron chi connectivity index (χ0n) is 9.21. The van der Waals surface area contributed by atoms with Crippen molar-refractivity contribution in [1.82, 2.24) is 0 Å². The first-order valence-corrected chi connectivity index (χ1v) is 6.55. The minimum atomic E-state index is -3.16. The van der Waals surface area contributed by atoms with Gasteiger partial charge in [-0.3, -0.25) is 0 Å². The second kappa shape index (κ2) is 4.94. The summed E-state index contributed by atoms with van der Waals surface area (Å²) in [5.74, 6) is 0.454. The quantitative estimate of drug-likeness (QED) is 0.639. The van der Waals surface area contributed by atoms with Crippen LogP contribution < -0.4 is 5.73 Å². The number of benzene rings is 1. The summed E-state index contributed by atoms with van der Waals surface area (Å²) in [6.07, 6.45) is 4.42. The topological polar surface area (TPSA) is 72.5 Å². The van der Waals surface area contributed by atoms with Crippen molar-refractivity contribution in [1.29, 1.82) is 0 Å². The Bertz CT molecular complexity index is 527. The molecule has 0 spiro atoms. The Hall–Kier alpha value is -1.62. The molecule has 0 bridgehead atoms. The molecule has 1 aromatic rings. The van der Waals surface area contributed by atoms with Crippen molar-refractivity contribution in [3.8, 4) is 0 Å². The number of sulfone groups is 1. The van der Waals surface area contributed by atoms with E-state index in [-0.39, 0.29) is 0 Å². The van der Waals surface area contributed by atoms with E-state index in [2.05, 4.69) is 4.99 Å². The molecule has 86 valence electrons. The highest BCUT2D eigenvalue weighted by molar-refractivity contribution is 7.90. The van der Waals surface area contributed by atoms with Gasteiger partial charge in [0.25, 0.3) is 0 Å². The Kier molecular flexibility index (Phi) is 3.84. The minimum Gasteiger partial charge on any atom is -0.387 e. The van der Waals surface area contributed by atoms with Crippen molar-refractivity contribution in [2.45, 2.75) is 11.8 Å². The predicted molar refractivity (Wildman–Crippen MR) is 65.9 cm³/mol. The number of aliphatic imine (C=N–C) groups is 1. The van der Waals surface area contributed by atoms with Crippen LogP contribution in [0.1, 0.15) is 12.5 Å². The van der Waals surface area contributed by atoms with Crippen LogP contribution >= 0.6 is 0 Å². The van der Waals surface area contributed by atoms with E-state index >= 15 is 0 Å². The van der Waals surface area contributed by atoms with Gasteiger partial charge in [0.05, 0.1) is 10.7 Å². The summed E-state index contributed by atoms with van der Waals surface area (Å²) in [6, 6.07) is 6.64. The number of amidine groups is 1. The number of hydrogen-bond acceptors (Lipinski definition) is 3. The third kappa shape index (κ3) is 3.86. The van der Waals surface area contributed by atoms with E-state index in [1.807, 2.05) is 0 Å². The molecule has 0 aromatic heterocycles. The van der Waals surface area contributed by atoms with Crippen LogP contribution in [0, 0.1) is 0 Å². The Morgan fingerprint density at radius 2 is 2.12 bits per heavy atom. The second-order valence-electron chi connectivity index (χ2n) is 3.43. The standard InChI is InChI=1S/C11H14N2O2S/c1-9(12)13-7-6-10-4-3-5-11(8-10)16(2,14)15/h3-8H,1-2H3,(H2,12,13)/b7-6+. The van der Waals surface area contributed by atoms with Crippen LogP contribution in [0.4, 0.5) is 0 Å². The average Bonchev–Trinajstić information content (AvgIpc) is 2.16. The average molecular weight is 238 g/mol. The lowest BCUT2D eigenvalue weighted by atomic mass is 10.2. The number of nitrogens with zero attached hydrogens (tertiary/aromatic N) is 1. The van der Waals surface area contributed by atoms with E-state index < -0.39 is 9.84 Å². The summed E-state index contributed by atoms with van der Waals surface area (Å²) in [4.78, 5) is 4.17. The van der Waals surface area contributed by atoms with Gasteiger partial charge >= 0.3 is 0 Å².